The molecule has 0 radical (unpaired) electrons. The molecule has 0 unspecified atom stereocenters. The Balaban J connectivity index is 4.63. The van der Waals surface area contributed by atoms with E-state index >= 15 is 28.8 Å². The summed E-state index contributed by atoms with van der Waals surface area (Å²) in [6.45, 7) is 32.6. The minimum Gasteiger partial charge on any atom is -0.480 e. The van der Waals surface area contributed by atoms with E-state index < -0.39 is 172 Å². The maximum absolute atomic E-state index is 15.4. The van der Waals surface area contributed by atoms with E-state index in [-0.39, 0.29) is 67.9 Å². The number of aliphatic hydroxyl groups is 1. The highest BCUT2D eigenvalue weighted by Crippen LogP contribution is 2.31. The van der Waals surface area contributed by atoms with E-state index in [1.165, 1.54) is 82.8 Å². The van der Waals surface area contributed by atoms with Gasteiger partial charge in [-0.1, -0.05) is 109 Å². The minimum atomic E-state index is -1.71. The van der Waals surface area contributed by atoms with E-state index in [9.17, 15) is 39.0 Å². The zero-order valence-electron chi connectivity index (χ0n) is 62.1. The van der Waals surface area contributed by atoms with Gasteiger partial charge in [0, 0.05) is 59.8 Å². The van der Waals surface area contributed by atoms with Gasteiger partial charge < -0.3 is 71.5 Å². The second-order valence-corrected chi connectivity index (χ2v) is 30.7. The molecule has 27 heteroatoms. The summed E-state index contributed by atoms with van der Waals surface area (Å²) in [5.41, 5.74) is 6.18. The fourth-order valence-corrected chi connectivity index (χ4v) is 12.9. The number of carbonyl (C=O) groups is 12. The Labute approximate surface area is 571 Å². The van der Waals surface area contributed by atoms with E-state index in [1.807, 2.05) is 55.4 Å². The number of carboxylic acids is 1. The first-order valence-corrected chi connectivity index (χ1v) is 34.7. The van der Waals surface area contributed by atoms with Crippen LogP contribution in [0, 0.1) is 41.4 Å². The molecule has 95 heavy (non-hydrogen) atoms. The summed E-state index contributed by atoms with van der Waals surface area (Å²) in [6, 6.07) is -16.1. The number of hydrogen-bond donors (Lipinski definition) is 7. The van der Waals surface area contributed by atoms with Gasteiger partial charge in [0.15, 0.2) is 0 Å². The Kier molecular flexibility index (Phi) is 35.2. The van der Waals surface area contributed by atoms with Gasteiger partial charge in [-0.05, 0) is 115 Å². The topological polar surface area (TPSA) is 342 Å². The zero-order chi connectivity index (χ0) is 73.9. The molecular formula is C68H122N12O14S. The molecule has 1 rings (SSSR count). The Morgan fingerprint density at radius 1 is 0.505 bits per heavy atom. The third-order valence-corrected chi connectivity index (χ3v) is 19.5. The first kappa shape index (κ1) is 86.7. The molecule has 8 N–H and O–H groups in total. The van der Waals surface area contributed by atoms with E-state index in [1.54, 1.807) is 74.5 Å². The molecule has 26 nitrogen and oxygen atoms in total. The molecule has 0 saturated carbocycles. The molecule has 1 saturated heterocycles. The van der Waals surface area contributed by atoms with Crippen LogP contribution in [0.5, 0.6) is 0 Å². The molecule has 1 heterocycles. The number of carbonyl (C=O) groups excluding carboxylic acids is 11. The van der Waals surface area contributed by atoms with Gasteiger partial charge in [-0.3, -0.25) is 57.5 Å². The van der Waals surface area contributed by atoms with Gasteiger partial charge in [-0.15, -0.1) is 0 Å². The van der Waals surface area contributed by atoms with E-state index in [4.69, 9.17) is 5.73 Å². The standard InChI is InChI=1S/C68H122N12O14S/c1-27-29-30-42(15)54(81)53-59(85)72-45(28-2)61(87)78(24)50(35-95-68(18,19)55(69)67(93)94)64(90)74(20)47(32-37(5)6)58(84)73-51(40(11)12)65(91)75(21)46(31-36(3)4)57(83)70-43(16)56(82)71-44(17)60(86)76(22)48(33-38(7)8)62(88)77(23)49(34-39(9)10)63(89)79(25)52(41(13)14)66(92)80(53)26/h27,29,36-55,81H,28,30-35,69H2,1-26H3,(H,70,83)(H,71,82)(H,72,85)(H,73,84)(H,93,94)/b29-27+/t42-,43-,44+,45-,46-,47+,48-,49-,50-,51-,52-,53-,54-,55+/m1/s1. The molecule has 544 valence electrons. The Bertz CT molecular complexity index is 2670. The molecule has 1 aliphatic heterocycles. The lowest BCUT2D eigenvalue weighted by molar-refractivity contribution is -0.157. The van der Waals surface area contributed by atoms with Crippen LogP contribution in [0.2, 0.25) is 0 Å². The van der Waals surface area contributed by atoms with Crippen molar-refractivity contribution in [1.29, 1.82) is 0 Å². The van der Waals surface area contributed by atoms with E-state index in [2.05, 4.69) is 21.3 Å². The van der Waals surface area contributed by atoms with Crippen molar-refractivity contribution in [3.05, 3.63) is 12.2 Å². The van der Waals surface area contributed by atoms with Crippen molar-refractivity contribution in [2.75, 3.05) is 55.1 Å². The Morgan fingerprint density at radius 3 is 1.33 bits per heavy atom. The molecule has 11 amide bonds. The summed E-state index contributed by atoms with van der Waals surface area (Å²) >= 11 is 0.982. The molecule has 0 aliphatic carbocycles. The summed E-state index contributed by atoms with van der Waals surface area (Å²) in [7, 11) is 9.71. The van der Waals surface area contributed by atoms with Gasteiger partial charge in [-0.2, -0.15) is 11.8 Å². The molecule has 0 aromatic rings. The average Bonchev–Trinajstić information content (AvgIpc) is 0.811. The Morgan fingerprint density at radius 2 is 0.895 bits per heavy atom. The summed E-state index contributed by atoms with van der Waals surface area (Å²) in [6.07, 6.45) is 2.52. The first-order valence-electron chi connectivity index (χ1n) is 33.7. The van der Waals surface area contributed by atoms with E-state index in [0.717, 1.165) is 26.5 Å². The molecule has 0 bridgehead atoms. The number of likely N-dealkylation sites (N-methyl/N-ethyl adjacent to an activating group) is 7. The van der Waals surface area contributed by atoms with Crippen molar-refractivity contribution in [2.45, 2.75) is 253 Å². The van der Waals surface area contributed by atoms with Gasteiger partial charge in [-0.25, -0.2) is 0 Å². The van der Waals surface area contributed by atoms with Crippen LogP contribution in [-0.2, 0) is 57.5 Å². The van der Waals surface area contributed by atoms with Crippen LogP contribution in [0.1, 0.15) is 170 Å². The van der Waals surface area contributed by atoms with Gasteiger partial charge in [0.25, 0.3) is 0 Å². The normalized spacial score (nSPS) is 26.6. The minimum absolute atomic E-state index is 0.0402. The highest BCUT2D eigenvalue weighted by atomic mass is 32.2. The number of aliphatic carboxylic acids is 1. The third-order valence-electron chi connectivity index (χ3n) is 18.0. The fraction of sp³-hybridized carbons (Fsp3) is 0.794. The number of allylic oxidation sites excluding steroid dienone is 2. The molecular weight excluding hydrogens is 1240 g/mol. The van der Waals surface area contributed by atoms with Crippen molar-refractivity contribution in [1.82, 2.24) is 55.6 Å². The van der Waals surface area contributed by atoms with Gasteiger partial charge in [0.2, 0.25) is 65.0 Å². The quantitative estimate of drug-likeness (QED) is 0.0857. The van der Waals surface area contributed by atoms with Crippen molar-refractivity contribution in [3.63, 3.8) is 0 Å². The summed E-state index contributed by atoms with van der Waals surface area (Å²) < 4.78 is -1.26. The third kappa shape index (κ3) is 24.0. The molecule has 0 aromatic heterocycles. The summed E-state index contributed by atoms with van der Waals surface area (Å²) in [5, 5.41) is 33.3. The number of thioether (sulfide) groups is 1. The number of nitrogens with zero attached hydrogens (tertiary/aromatic N) is 7. The van der Waals surface area contributed by atoms with Gasteiger partial charge >= 0.3 is 5.97 Å². The maximum atomic E-state index is 15.4. The SMILES string of the molecule is C/C=C/C[C@@H](C)[C@@H](O)[C@@H]1C(=O)N[C@H](CC)C(=O)N(C)[C@H](CSC(C)(C)[C@@H](N)C(=O)O)C(=O)N(C)[C@@H](CC(C)C)C(=O)N[C@H](C(C)C)C(=O)N(C)[C@H](CC(C)C)C(=O)N[C@H](C)C(=O)N[C@@H](C)C(=O)N(C)[C@H](CC(C)C)C(=O)N(C)[C@H](CC(C)C)C(=O)N(C)[C@H](C(C)C)C(=O)N1C. The van der Waals surface area contributed by atoms with Crippen LogP contribution in [0.3, 0.4) is 0 Å². The second-order valence-electron chi connectivity index (χ2n) is 29.0. The van der Waals surface area contributed by atoms with Crippen molar-refractivity contribution < 1.29 is 67.7 Å². The Hall–Kier alpha value is -6.35. The molecule has 1 fully saturated rings. The average molecular weight is 1360 g/mol. The van der Waals surface area contributed by atoms with Gasteiger partial charge in [0.05, 0.1) is 6.10 Å². The van der Waals surface area contributed by atoms with Crippen LogP contribution in [0.4, 0.5) is 0 Å². The highest BCUT2D eigenvalue weighted by Gasteiger charge is 2.47. The van der Waals surface area contributed by atoms with E-state index in [0.29, 0.717) is 0 Å². The fourth-order valence-electron chi connectivity index (χ4n) is 11.7. The van der Waals surface area contributed by atoms with Crippen molar-refractivity contribution >= 4 is 82.7 Å². The number of rotatable bonds is 20. The first-order chi connectivity index (χ1) is 43.7. The van der Waals surface area contributed by atoms with Gasteiger partial charge in [0.1, 0.15) is 72.5 Å². The molecule has 0 aromatic carbocycles. The lowest BCUT2D eigenvalue weighted by Crippen LogP contribution is -2.64. The predicted molar refractivity (Wildman–Crippen MR) is 370 cm³/mol. The maximum Gasteiger partial charge on any atom is 0.321 e. The number of amides is 11. The zero-order valence-corrected chi connectivity index (χ0v) is 62.9. The number of carboxylic acid groups (broad SMARTS) is 1. The second kappa shape index (κ2) is 38.6. The van der Waals surface area contributed by atoms with Crippen LogP contribution < -0.4 is 27.0 Å². The van der Waals surface area contributed by atoms with Crippen molar-refractivity contribution in [3.8, 4) is 0 Å². The summed E-state index contributed by atoms with van der Waals surface area (Å²) in [4.78, 5) is 185. The number of hydrogen-bond acceptors (Lipinski definition) is 15. The molecule has 0 spiro atoms. The number of aliphatic hydroxyl groups excluding tert-OH is 1. The largest absolute Gasteiger partial charge is 0.480 e. The monoisotopic (exact) mass is 1360 g/mol. The molecule has 14 atom stereocenters. The van der Waals surface area contributed by atoms with Crippen LogP contribution in [0.15, 0.2) is 12.2 Å². The highest BCUT2D eigenvalue weighted by molar-refractivity contribution is 8.00. The van der Waals surface area contributed by atoms with Crippen molar-refractivity contribution in [2.24, 2.45) is 47.2 Å². The predicted octanol–water partition coefficient (Wildman–Crippen LogP) is 3.56. The number of nitrogens with one attached hydrogen (secondary N) is 4. The lowest BCUT2D eigenvalue weighted by atomic mass is 9.91. The van der Waals surface area contributed by atoms with Crippen LogP contribution in [0.25, 0.3) is 0 Å². The smallest absolute Gasteiger partial charge is 0.321 e. The van der Waals surface area contributed by atoms with Crippen LogP contribution >= 0.6 is 11.8 Å². The lowest BCUT2D eigenvalue weighted by Gasteiger charge is -2.41. The summed E-state index contributed by atoms with van der Waals surface area (Å²) in [5.74, 6) is -12.5. The number of nitrogens with two attached hydrogens (primary N) is 1. The van der Waals surface area contributed by atoms with Crippen LogP contribution in [-0.4, -0.2) is 254 Å². The molecule has 1 aliphatic rings.